The maximum absolute atomic E-state index is 13.8. The normalized spacial score (nSPS) is 12.8. The number of rotatable bonds is 3. The highest BCUT2D eigenvalue weighted by atomic mass is 16.5. The van der Waals surface area contributed by atoms with Crippen molar-refractivity contribution in [2.24, 2.45) is 0 Å². The van der Waals surface area contributed by atoms with Gasteiger partial charge >= 0.3 is 0 Å². The summed E-state index contributed by atoms with van der Waals surface area (Å²) in [6.07, 6.45) is 0. The molecule has 0 fully saturated rings. The largest absolute Gasteiger partial charge is 0.497 e. The Morgan fingerprint density at radius 2 is 1.12 bits per heavy atom. The van der Waals surface area contributed by atoms with E-state index in [0.717, 1.165) is 28.0 Å². The lowest BCUT2D eigenvalue weighted by atomic mass is 9.77. The maximum atomic E-state index is 13.8. The van der Waals surface area contributed by atoms with Gasteiger partial charge in [-0.3, -0.25) is 9.59 Å². The Labute approximate surface area is 200 Å². The van der Waals surface area contributed by atoms with E-state index in [4.69, 9.17) is 4.74 Å². The van der Waals surface area contributed by atoms with E-state index in [1.54, 1.807) is 37.4 Å². The Morgan fingerprint density at radius 1 is 0.559 bits per heavy atom. The molecule has 0 unspecified atom stereocenters. The van der Waals surface area contributed by atoms with Crippen molar-refractivity contribution in [1.82, 2.24) is 0 Å². The molecule has 5 rings (SSSR count). The predicted octanol–water partition coefficient (Wildman–Crippen LogP) is 7.10. The molecular formula is C31H26O3. The van der Waals surface area contributed by atoms with Crippen molar-refractivity contribution < 1.29 is 14.3 Å². The summed E-state index contributed by atoms with van der Waals surface area (Å²) in [5.74, 6) is 0.496. The molecule has 0 saturated heterocycles. The van der Waals surface area contributed by atoms with E-state index in [9.17, 15) is 9.59 Å². The molecule has 0 N–H and O–H groups in total. The summed E-state index contributed by atoms with van der Waals surface area (Å²) in [5, 5.41) is 0. The van der Waals surface area contributed by atoms with Gasteiger partial charge in [0, 0.05) is 27.8 Å². The van der Waals surface area contributed by atoms with Crippen molar-refractivity contribution in [1.29, 1.82) is 0 Å². The molecule has 168 valence electrons. The van der Waals surface area contributed by atoms with Crippen LogP contribution in [-0.4, -0.2) is 18.7 Å². The van der Waals surface area contributed by atoms with Gasteiger partial charge in [-0.25, -0.2) is 0 Å². The molecule has 3 nitrogen and oxygen atoms in total. The topological polar surface area (TPSA) is 43.4 Å². The number of carbonyl (C=O) groups is 2. The van der Waals surface area contributed by atoms with Gasteiger partial charge in [0.25, 0.3) is 0 Å². The van der Waals surface area contributed by atoms with Crippen LogP contribution < -0.4 is 4.74 Å². The molecule has 0 aromatic heterocycles. The van der Waals surface area contributed by atoms with Crippen LogP contribution in [0.2, 0.25) is 0 Å². The fourth-order valence-electron chi connectivity index (χ4n) is 4.63. The van der Waals surface area contributed by atoms with Gasteiger partial charge in [0.05, 0.1) is 7.11 Å². The van der Waals surface area contributed by atoms with Gasteiger partial charge in [-0.1, -0.05) is 87.5 Å². The van der Waals surface area contributed by atoms with E-state index in [-0.39, 0.29) is 17.0 Å². The molecular weight excluding hydrogens is 420 g/mol. The number of hydrogen-bond acceptors (Lipinski definition) is 3. The van der Waals surface area contributed by atoms with Crippen LogP contribution in [0.3, 0.4) is 0 Å². The summed E-state index contributed by atoms with van der Waals surface area (Å²) in [6.45, 7) is 6.56. The second-order valence-electron chi connectivity index (χ2n) is 9.67. The van der Waals surface area contributed by atoms with Gasteiger partial charge in [-0.15, -0.1) is 0 Å². The van der Waals surface area contributed by atoms with Gasteiger partial charge in [0.15, 0.2) is 11.6 Å². The quantitative estimate of drug-likeness (QED) is 0.297. The van der Waals surface area contributed by atoms with E-state index in [2.05, 4.69) is 45.0 Å². The van der Waals surface area contributed by atoms with Crippen molar-refractivity contribution in [3.8, 4) is 28.0 Å². The Morgan fingerprint density at radius 3 is 1.71 bits per heavy atom. The molecule has 0 saturated carbocycles. The predicted molar refractivity (Wildman–Crippen MR) is 136 cm³/mol. The first kappa shape index (κ1) is 21.8. The summed E-state index contributed by atoms with van der Waals surface area (Å²) in [7, 11) is 1.63. The molecule has 1 aliphatic rings. The summed E-state index contributed by atoms with van der Waals surface area (Å²) < 4.78 is 5.34. The van der Waals surface area contributed by atoms with Gasteiger partial charge in [-0.2, -0.15) is 0 Å². The standard InChI is InChI=1S/C31H26O3/c1-31(2,3)21-13-9-19(10-14-21)23-17-18-26-28(27(23)20-11-15-22(34-4)16-12-20)30(33)25-8-6-5-7-24(25)29(26)32/h5-18H,1-4H3. The number of benzene rings is 4. The molecule has 1 aliphatic carbocycles. The van der Waals surface area contributed by atoms with E-state index in [0.29, 0.717) is 22.3 Å². The lowest BCUT2D eigenvalue weighted by molar-refractivity contribution is 0.0979. The average Bonchev–Trinajstić information content (AvgIpc) is 2.86. The first-order chi connectivity index (χ1) is 16.3. The minimum Gasteiger partial charge on any atom is -0.497 e. The van der Waals surface area contributed by atoms with Crippen LogP contribution in [0.1, 0.15) is 58.2 Å². The minimum absolute atomic E-state index is 0.0410. The summed E-state index contributed by atoms with van der Waals surface area (Å²) in [4.78, 5) is 27.1. The molecule has 0 atom stereocenters. The number of carbonyl (C=O) groups excluding carboxylic acids is 2. The zero-order valence-corrected chi connectivity index (χ0v) is 19.8. The van der Waals surface area contributed by atoms with E-state index >= 15 is 0 Å². The van der Waals surface area contributed by atoms with E-state index in [1.165, 1.54) is 5.56 Å². The Hall–Kier alpha value is -3.98. The lowest BCUT2D eigenvalue weighted by Gasteiger charge is -2.24. The highest BCUT2D eigenvalue weighted by molar-refractivity contribution is 6.31. The third-order valence-electron chi connectivity index (χ3n) is 6.53. The van der Waals surface area contributed by atoms with Crippen molar-refractivity contribution in [2.75, 3.05) is 7.11 Å². The molecule has 0 spiro atoms. The van der Waals surface area contributed by atoms with Crippen molar-refractivity contribution >= 4 is 11.6 Å². The molecule has 0 heterocycles. The molecule has 0 aliphatic heterocycles. The Kier molecular flexibility index (Phi) is 5.21. The van der Waals surface area contributed by atoms with E-state index < -0.39 is 0 Å². The summed E-state index contributed by atoms with van der Waals surface area (Å²) in [5.41, 5.74) is 6.67. The first-order valence-electron chi connectivity index (χ1n) is 11.4. The van der Waals surface area contributed by atoms with Crippen molar-refractivity contribution in [3.63, 3.8) is 0 Å². The first-order valence-corrected chi connectivity index (χ1v) is 11.4. The van der Waals surface area contributed by atoms with Crippen LogP contribution in [0, 0.1) is 0 Å². The zero-order valence-electron chi connectivity index (χ0n) is 19.8. The summed E-state index contributed by atoms with van der Waals surface area (Å²) in [6, 6.07) is 26.9. The summed E-state index contributed by atoms with van der Waals surface area (Å²) >= 11 is 0. The second-order valence-corrected chi connectivity index (χ2v) is 9.67. The van der Waals surface area contributed by atoms with Gasteiger partial charge < -0.3 is 4.74 Å². The molecule has 34 heavy (non-hydrogen) atoms. The van der Waals surface area contributed by atoms with E-state index in [1.807, 2.05) is 30.3 Å². The number of ketones is 2. The molecule has 3 heteroatoms. The monoisotopic (exact) mass is 446 g/mol. The van der Waals surface area contributed by atoms with Crippen LogP contribution >= 0.6 is 0 Å². The Bertz CT molecular complexity index is 1420. The fourth-order valence-corrected chi connectivity index (χ4v) is 4.63. The molecule has 0 radical (unpaired) electrons. The highest BCUT2D eigenvalue weighted by Crippen LogP contribution is 2.41. The Balaban J connectivity index is 1.78. The highest BCUT2D eigenvalue weighted by Gasteiger charge is 2.33. The number of fused-ring (bicyclic) bond motifs is 2. The zero-order chi connectivity index (χ0) is 24.0. The molecule has 0 bridgehead atoms. The molecule has 4 aromatic carbocycles. The van der Waals surface area contributed by atoms with Gasteiger partial charge in [0.1, 0.15) is 5.75 Å². The van der Waals surface area contributed by atoms with Crippen LogP contribution in [0.5, 0.6) is 5.75 Å². The maximum Gasteiger partial charge on any atom is 0.195 e. The lowest BCUT2D eigenvalue weighted by Crippen LogP contribution is -2.22. The average molecular weight is 447 g/mol. The van der Waals surface area contributed by atoms with Crippen LogP contribution in [0.25, 0.3) is 22.3 Å². The molecule has 4 aromatic rings. The third kappa shape index (κ3) is 3.54. The minimum atomic E-state index is -0.121. The number of hydrogen-bond donors (Lipinski definition) is 0. The third-order valence-corrected chi connectivity index (χ3v) is 6.53. The second kappa shape index (κ2) is 8.11. The van der Waals surface area contributed by atoms with Crippen LogP contribution in [0.15, 0.2) is 84.9 Å². The number of methoxy groups -OCH3 is 1. The van der Waals surface area contributed by atoms with Crippen molar-refractivity contribution in [3.05, 3.63) is 113 Å². The van der Waals surface area contributed by atoms with Crippen LogP contribution in [-0.2, 0) is 5.41 Å². The fraction of sp³-hybridized carbons (Fsp3) is 0.161. The van der Waals surface area contributed by atoms with Crippen LogP contribution in [0.4, 0.5) is 0 Å². The SMILES string of the molecule is COc1ccc(-c2c(-c3ccc(C(C)(C)C)cc3)ccc3c2C(=O)c2ccccc2C3=O)cc1. The molecule has 0 amide bonds. The number of ether oxygens (including phenoxy) is 1. The van der Waals surface area contributed by atoms with Gasteiger partial charge in [0.2, 0.25) is 0 Å². The van der Waals surface area contributed by atoms with Gasteiger partial charge in [-0.05, 0) is 45.9 Å². The smallest absolute Gasteiger partial charge is 0.195 e. The van der Waals surface area contributed by atoms with Crippen molar-refractivity contribution in [2.45, 2.75) is 26.2 Å².